The lowest BCUT2D eigenvalue weighted by Gasteiger charge is -2.21. The summed E-state index contributed by atoms with van der Waals surface area (Å²) in [6.07, 6.45) is 5.39. The van der Waals surface area contributed by atoms with E-state index in [1.807, 2.05) is 0 Å². The topological polar surface area (TPSA) is 83.8 Å². The van der Waals surface area contributed by atoms with Gasteiger partial charge in [0.05, 0.1) is 5.75 Å². The fourth-order valence-electron chi connectivity index (χ4n) is 2.31. The highest BCUT2D eigenvalue weighted by atomic mass is 32.2. The fourth-order valence-corrected chi connectivity index (χ4v) is 3.13. The van der Waals surface area contributed by atoms with E-state index in [-0.39, 0.29) is 17.7 Å². The highest BCUT2D eigenvalue weighted by molar-refractivity contribution is 7.98. The van der Waals surface area contributed by atoms with Crippen molar-refractivity contribution >= 4 is 11.8 Å². The van der Waals surface area contributed by atoms with Crippen LogP contribution in [0.4, 0.5) is 8.78 Å². The fraction of sp³-hybridized carbons (Fsp3) is 0.583. The maximum absolute atomic E-state index is 12.8. The minimum Gasteiger partial charge on any atom is -0.370 e. The molecular formula is C12H16F2N6OS. The van der Waals surface area contributed by atoms with Crippen molar-refractivity contribution in [3.05, 3.63) is 24.0 Å². The van der Waals surface area contributed by atoms with Crippen LogP contribution in [-0.2, 0) is 10.5 Å². The van der Waals surface area contributed by atoms with Crippen molar-refractivity contribution in [3.63, 3.8) is 0 Å². The monoisotopic (exact) mass is 330 g/mol. The summed E-state index contributed by atoms with van der Waals surface area (Å²) >= 11 is 1.21. The Balaban J connectivity index is 1.68. The van der Waals surface area contributed by atoms with Gasteiger partial charge in [-0.1, -0.05) is 11.8 Å². The van der Waals surface area contributed by atoms with Crippen LogP contribution in [0.2, 0.25) is 0 Å². The number of ether oxygens (including phenoxy) is 1. The third-order valence-corrected chi connectivity index (χ3v) is 4.39. The first-order valence-electron chi connectivity index (χ1n) is 6.91. The van der Waals surface area contributed by atoms with Gasteiger partial charge in [-0.25, -0.2) is 9.66 Å². The van der Waals surface area contributed by atoms with Crippen molar-refractivity contribution in [2.75, 3.05) is 12.4 Å². The predicted octanol–water partition coefficient (Wildman–Crippen LogP) is 2.12. The average molecular weight is 330 g/mol. The van der Waals surface area contributed by atoms with Gasteiger partial charge in [-0.05, 0) is 19.3 Å². The third-order valence-electron chi connectivity index (χ3n) is 3.45. The minimum atomic E-state index is -2.61. The highest BCUT2D eigenvalue weighted by Crippen LogP contribution is 2.28. The van der Waals surface area contributed by atoms with Gasteiger partial charge in [-0.15, -0.1) is 10.2 Å². The zero-order valence-corrected chi connectivity index (χ0v) is 12.5. The zero-order chi connectivity index (χ0) is 15.5. The summed E-state index contributed by atoms with van der Waals surface area (Å²) in [6.45, 7) is -1.92. The second-order valence-electron chi connectivity index (χ2n) is 4.88. The van der Waals surface area contributed by atoms with Crippen LogP contribution in [0.1, 0.15) is 43.6 Å². The highest BCUT2D eigenvalue weighted by Gasteiger charge is 2.23. The van der Waals surface area contributed by atoms with Crippen LogP contribution in [0.15, 0.2) is 17.6 Å². The Bertz CT molecular complexity index is 625. The molecule has 0 amide bonds. The summed E-state index contributed by atoms with van der Waals surface area (Å²) in [5.41, 5.74) is 0. The lowest BCUT2D eigenvalue weighted by Crippen LogP contribution is -2.21. The van der Waals surface area contributed by atoms with Crippen molar-refractivity contribution in [2.45, 2.75) is 42.8 Å². The van der Waals surface area contributed by atoms with Gasteiger partial charge in [0.15, 0.2) is 5.82 Å². The number of hydrogen-bond donors (Lipinski definition) is 1. The zero-order valence-electron chi connectivity index (χ0n) is 11.7. The molecule has 1 fully saturated rings. The second kappa shape index (κ2) is 6.61. The molecule has 120 valence electrons. The molecule has 1 saturated heterocycles. The van der Waals surface area contributed by atoms with Gasteiger partial charge < -0.3 is 10.6 Å². The lowest BCUT2D eigenvalue weighted by atomic mass is 10.1. The molecule has 7 nitrogen and oxygen atoms in total. The Labute approximate surface area is 129 Å². The standard InChI is InChI=1S/C12H16F2N6OS/c13-11(14)19-5-4-16-9(19)7-22-12-18-17-10(20(12)15)8-3-1-2-6-21-8/h4-5,8,11H,1-3,6-7,15H2. The van der Waals surface area contributed by atoms with Crippen LogP contribution in [0.25, 0.3) is 0 Å². The Kier molecular flexibility index (Phi) is 4.57. The average Bonchev–Trinajstić information content (AvgIpc) is 3.13. The van der Waals surface area contributed by atoms with Gasteiger partial charge in [0.2, 0.25) is 5.16 Å². The van der Waals surface area contributed by atoms with Gasteiger partial charge >= 0.3 is 6.55 Å². The van der Waals surface area contributed by atoms with Crippen molar-refractivity contribution in [3.8, 4) is 0 Å². The Morgan fingerprint density at radius 2 is 2.27 bits per heavy atom. The van der Waals surface area contributed by atoms with Crippen molar-refractivity contribution < 1.29 is 13.5 Å². The first-order valence-corrected chi connectivity index (χ1v) is 7.90. The summed E-state index contributed by atoms with van der Waals surface area (Å²) in [6, 6.07) is 0. The molecular weight excluding hydrogens is 314 g/mol. The number of hydrogen-bond acceptors (Lipinski definition) is 6. The van der Waals surface area contributed by atoms with Crippen LogP contribution in [0.5, 0.6) is 0 Å². The maximum atomic E-state index is 12.8. The van der Waals surface area contributed by atoms with E-state index in [9.17, 15) is 8.78 Å². The number of imidazole rings is 1. The SMILES string of the molecule is Nn1c(SCc2nccn2C(F)F)nnc1C1CCCCO1. The third kappa shape index (κ3) is 3.07. The number of thioether (sulfide) groups is 1. The lowest BCUT2D eigenvalue weighted by molar-refractivity contribution is 0.00780. The molecule has 1 atom stereocenters. The Morgan fingerprint density at radius 3 is 3.00 bits per heavy atom. The Hall–Kier alpha value is -1.68. The molecule has 1 unspecified atom stereocenters. The molecule has 0 spiro atoms. The van der Waals surface area contributed by atoms with Gasteiger partial charge in [0.1, 0.15) is 11.9 Å². The van der Waals surface area contributed by atoms with Crippen LogP contribution >= 0.6 is 11.8 Å². The smallest absolute Gasteiger partial charge is 0.319 e. The molecule has 0 aromatic carbocycles. The minimum absolute atomic E-state index is 0.149. The molecule has 3 rings (SSSR count). The molecule has 1 aliphatic rings. The molecule has 2 aromatic heterocycles. The number of nitrogen functional groups attached to an aromatic ring is 1. The van der Waals surface area contributed by atoms with E-state index < -0.39 is 6.55 Å². The Morgan fingerprint density at radius 1 is 1.41 bits per heavy atom. The molecule has 3 heterocycles. The van der Waals surface area contributed by atoms with Gasteiger partial charge in [-0.2, -0.15) is 8.78 Å². The predicted molar refractivity (Wildman–Crippen MR) is 75.8 cm³/mol. The number of nitrogens with two attached hydrogens (primary N) is 1. The number of alkyl halides is 2. The number of rotatable bonds is 5. The molecule has 0 aliphatic carbocycles. The number of aromatic nitrogens is 5. The molecule has 0 saturated carbocycles. The van der Waals surface area contributed by atoms with Crippen molar-refractivity contribution in [2.24, 2.45) is 0 Å². The molecule has 1 aliphatic heterocycles. The largest absolute Gasteiger partial charge is 0.370 e. The summed E-state index contributed by atoms with van der Waals surface area (Å²) < 4.78 is 33.3. The van der Waals surface area contributed by atoms with E-state index in [0.717, 1.165) is 23.8 Å². The van der Waals surface area contributed by atoms with Crippen LogP contribution < -0.4 is 5.84 Å². The summed E-state index contributed by atoms with van der Waals surface area (Å²) in [7, 11) is 0. The van der Waals surface area contributed by atoms with E-state index >= 15 is 0 Å². The van der Waals surface area contributed by atoms with Crippen molar-refractivity contribution in [1.29, 1.82) is 0 Å². The van der Waals surface area contributed by atoms with E-state index in [2.05, 4.69) is 15.2 Å². The maximum Gasteiger partial charge on any atom is 0.319 e. The van der Waals surface area contributed by atoms with Gasteiger partial charge in [0.25, 0.3) is 0 Å². The normalized spacial score (nSPS) is 19.0. The van der Waals surface area contributed by atoms with Crippen LogP contribution in [-0.4, -0.2) is 31.0 Å². The molecule has 2 N–H and O–H groups in total. The molecule has 0 radical (unpaired) electrons. The van der Waals surface area contributed by atoms with Crippen LogP contribution in [0, 0.1) is 0 Å². The molecule has 22 heavy (non-hydrogen) atoms. The van der Waals surface area contributed by atoms with E-state index in [0.29, 0.717) is 17.6 Å². The van der Waals surface area contributed by atoms with Crippen LogP contribution in [0.3, 0.4) is 0 Å². The first kappa shape index (κ1) is 15.2. The quantitative estimate of drug-likeness (QED) is 0.668. The number of nitrogens with zero attached hydrogens (tertiary/aromatic N) is 5. The second-order valence-corrected chi connectivity index (χ2v) is 5.83. The van der Waals surface area contributed by atoms with Gasteiger partial charge in [-0.3, -0.25) is 4.57 Å². The van der Waals surface area contributed by atoms with Crippen molar-refractivity contribution in [1.82, 2.24) is 24.4 Å². The summed E-state index contributed by atoms with van der Waals surface area (Å²) in [5, 5.41) is 8.53. The molecule has 2 aromatic rings. The summed E-state index contributed by atoms with van der Waals surface area (Å²) in [4.78, 5) is 3.92. The number of halogens is 2. The molecule has 0 bridgehead atoms. The first-order chi connectivity index (χ1) is 10.7. The van der Waals surface area contributed by atoms with Gasteiger partial charge in [0, 0.05) is 19.0 Å². The van der Waals surface area contributed by atoms with E-state index in [1.165, 1.54) is 28.8 Å². The summed E-state index contributed by atoms with van der Waals surface area (Å²) in [5.74, 6) is 7.05. The van der Waals surface area contributed by atoms with E-state index in [4.69, 9.17) is 10.6 Å². The molecule has 10 heteroatoms. The van der Waals surface area contributed by atoms with E-state index in [1.54, 1.807) is 0 Å².